The van der Waals surface area contributed by atoms with E-state index in [4.69, 9.17) is 11.6 Å². The normalized spacial score (nSPS) is 14.4. The van der Waals surface area contributed by atoms with Crippen LogP contribution in [0.3, 0.4) is 0 Å². The molecule has 1 saturated heterocycles. The Labute approximate surface area is 152 Å². The van der Waals surface area contributed by atoms with E-state index in [-0.39, 0.29) is 11.3 Å². The summed E-state index contributed by atoms with van der Waals surface area (Å²) in [5.74, 6) is -0.179. The van der Waals surface area contributed by atoms with Crippen LogP contribution < -0.4 is 15.0 Å². The fraction of sp³-hybridized carbons (Fsp3) is 0.294. The second kappa shape index (κ2) is 7.41. The number of rotatable bonds is 4. The summed E-state index contributed by atoms with van der Waals surface area (Å²) in [6.07, 6.45) is -1.18. The Morgan fingerprint density at radius 2 is 1.85 bits per heavy atom. The molecule has 0 bridgehead atoms. The number of alkyl halides is 3. The lowest BCUT2D eigenvalue weighted by atomic mass is 10.2. The number of anilines is 2. The number of hydrogen-bond acceptors (Lipinski definition) is 4. The van der Waals surface area contributed by atoms with Crippen molar-refractivity contribution in [3.05, 3.63) is 47.1 Å². The van der Waals surface area contributed by atoms with Crippen LogP contribution in [0.25, 0.3) is 0 Å². The predicted molar refractivity (Wildman–Crippen MR) is 91.8 cm³/mol. The van der Waals surface area contributed by atoms with Gasteiger partial charge in [0.2, 0.25) is 0 Å². The number of benzene rings is 1. The molecule has 9 heteroatoms. The summed E-state index contributed by atoms with van der Waals surface area (Å²) >= 11 is 6.23. The van der Waals surface area contributed by atoms with Crippen LogP contribution in [0.2, 0.25) is 5.02 Å². The van der Waals surface area contributed by atoms with Crippen LogP contribution in [0.4, 0.5) is 24.7 Å². The molecule has 3 rings (SSSR count). The van der Waals surface area contributed by atoms with Gasteiger partial charge in [0.15, 0.2) is 0 Å². The van der Waals surface area contributed by atoms with Gasteiger partial charge in [-0.15, -0.1) is 13.2 Å². The molecule has 0 spiro atoms. The number of carbonyl (C=O) groups excluding carboxylic acids is 1. The Hall–Kier alpha value is -2.48. The second-order valence-electron chi connectivity index (χ2n) is 5.75. The highest BCUT2D eigenvalue weighted by Gasteiger charge is 2.31. The molecular weight excluding hydrogens is 371 g/mol. The van der Waals surface area contributed by atoms with E-state index >= 15 is 0 Å². The molecule has 2 heterocycles. The Balaban J connectivity index is 1.67. The Morgan fingerprint density at radius 1 is 1.19 bits per heavy atom. The first-order chi connectivity index (χ1) is 12.3. The van der Waals surface area contributed by atoms with Crippen LogP contribution in [0, 0.1) is 0 Å². The first-order valence-electron chi connectivity index (χ1n) is 7.89. The van der Waals surface area contributed by atoms with E-state index in [2.05, 4.69) is 19.9 Å². The van der Waals surface area contributed by atoms with Crippen molar-refractivity contribution < 1.29 is 22.7 Å². The van der Waals surface area contributed by atoms with E-state index in [9.17, 15) is 18.0 Å². The van der Waals surface area contributed by atoms with Gasteiger partial charge in [0.25, 0.3) is 5.91 Å². The van der Waals surface area contributed by atoms with E-state index in [1.165, 1.54) is 24.4 Å². The third-order valence-corrected chi connectivity index (χ3v) is 4.11. The summed E-state index contributed by atoms with van der Waals surface area (Å²) in [5.41, 5.74) is 0.581. The molecule has 1 fully saturated rings. The maximum absolute atomic E-state index is 12.3. The molecular formula is C17H15ClF3N3O2. The summed E-state index contributed by atoms with van der Waals surface area (Å²) < 4.78 is 40.2. The molecule has 1 N–H and O–H groups in total. The largest absolute Gasteiger partial charge is 0.573 e. The number of halogens is 4. The first kappa shape index (κ1) is 18.3. The van der Waals surface area contributed by atoms with E-state index in [1.807, 2.05) is 0 Å². The SMILES string of the molecule is O=C(Nc1ccc(OC(F)(F)F)cc1)c1cnc(N2CCCC2)c(Cl)c1. The number of ether oxygens (including phenoxy) is 1. The molecule has 1 aliphatic rings. The van der Waals surface area contributed by atoms with Gasteiger partial charge in [-0.2, -0.15) is 0 Å². The number of carbonyl (C=O) groups is 1. The van der Waals surface area contributed by atoms with Gasteiger partial charge >= 0.3 is 6.36 Å². The molecule has 1 aromatic carbocycles. The van der Waals surface area contributed by atoms with E-state index in [0.717, 1.165) is 38.1 Å². The lowest BCUT2D eigenvalue weighted by Gasteiger charge is -2.18. The third kappa shape index (κ3) is 4.57. The average Bonchev–Trinajstić information content (AvgIpc) is 3.09. The van der Waals surface area contributed by atoms with Crippen LogP contribution in [-0.4, -0.2) is 30.3 Å². The quantitative estimate of drug-likeness (QED) is 0.842. The lowest BCUT2D eigenvalue weighted by Crippen LogP contribution is -2.20. The van der Waals surface area contributed by atoms with Crippen LogP contribution >= 0.6 is 11.6 Å². The molecule has 0 saturated carbocycles. The lowest BCUT2D eigenvalue weighted by molar-refractivity contribution is -0.274. The highest BCUT2D eigenvalue weighted by Crippen LogP contribution is 2.28. The molecule has 1 amide bonds. The van der Waals surface area contributed by atoms with Crippen LogP contribution in [0.15, 0.2) is 36.5 Å². The molecule has 0 radical (unpaired) electrons. The van der Waals surface area contributed by atoms with Crippen LogP contribution in [0.5, 0.6) is 5.75 Å². The molecule has 1 aliphatic heterocycles. The van der Waals surface area contributed by atoms with Crippen molar-refractivity contribution in [3.8, 4) is 5.75 Å². The van der Waals surface area contributed by atoms with Gasteiger partial charge in [-0.1, -0.05) is 11.6 Å². The van der Waals surface area contributed by atoms with Gasteiger partial charge < -0.3 is 15.0 Å². The zero-order chi connectivity index (χ0) is 18.7. The van der Waals surface area contributed by atoms with E-state index < -0.39 is 12.3 Å². The van der Waals surface area contributed by atoms with Gasteiger partial charge in [0.1, 0.15) is 11.6 Å². The molecule has 5 nitrogen and oxygen atoms in total. The molecule has 0 unspecified atom stereocenters. The van der Waals surface area contributed by atoms with Crippen molar-refractivity contribution >= 4 is 29.0 Å². The molecule has 0 atom stereocenters. The minimum Gasteiger partial charge on any atom is -0.406 e. The van der Waals surface area contributed by atoms with Gasteiger partial charge in [0.05, 0.1) is 10.6 Å². The van der Waals surface area contributed by atoms with Gasteiger partial charge in [-0.05, 0) is 43.2 Å². The highest BCUT2D eigenvalue weighted by atomic mass is 35.5. The number of amides is 1. The zero-order valence-electron chi connectivity index (χ0n) is 13.5. The van der Waals surface area contributed by atoms with Gasteiger partial charge in [0, 0.05) is 25.0 Å². The smallest absolute Gasteiger partial charge is 0.406 e. The van der Waals surface area contributed by atoms with Gasteiger partial charge in [-0.25, -0.2) is 4.98 Å². The van der Waals surface area contributed by atoms with Crippen molar-refractivity contribution in [1.29, 1.82) is 0 Å². The second-order valence-corrected chi connectivity index (χ2v) is 6.16. The van der Waals surface area contributed by atoms with Crippen molar-refractivity contribution in [3.63, 3.8) is 0 Å². The van der Waals surface area contributed by atoms with Gasteiger partial charge in [-0.3, -0.25) is 4.79 Å². The number of nitrogens with one attached hydrogen (secondary N) is 1. The minimum absolute atomic E-state index is 0.258. The Bertz CT molecular complexity index is 791. The maximum atomic E-state index is 12.3. The topological polar surface area (TPSA) is 54.5 Å². The fourth-order valence-electron chi connectivity index (χ4n) is 2.66. The summed E-state index contributed by atoms with van der Waals surface area (Å²) in [5, 5.41) is 2.96. The molecule has 2 aromatic rings. The van der Waals surface area contributed by atoms with Crippen LogP contribution in [0.1, 0.15) is 23.2 Å². The fourth-order valence-corrected chi connectivity index (χ4v) is 2.95. The first-order valence-corrected chi connectivity index (χ1v) is 8.27. The number of nitrogens with zero attached hydrogens (tertiary/aromatic N) is 2. The van der Waals surface area contributed by atoms with E-state index in [0.29, 0.717) is 16.5 Å². The predicted octanol–water partition coefficient (Wildman–Crippen LogP) is 4.49. The molecule has 138 valence electrons. The summed E-state index contributed by atoms with van der Waals surface area (Å²) in [4.78, 5) is 18.6. The van der Waals surface area contributed by atoms with Crippen LogP contribution in [-0.2, 0) is 0 Å². The highest BCUT2D eigenvalue weighted by molar-refractivity contribution is 6.33. The maximum Gasteiger partial charge on any atom is 0.573 e. The standard InChI is InChI=1S/C17H15ClF3N3O2/c18-14-9-11(10-22-15(14)24-7-1-2-8-24)16(25)23-12-3-5-13(6-4-12)26-17(19,20)21/h3-6,9-10H,1-2,7-8H2,(H,23,25). The molecule has 1 aromatic heterocycles. The van der Waals surface area contributed by atoms with Crippen molar-refractivity contribution in [2.75, 3.05) is 23.3 Å². The number of pyridine rings is 1. The van der Waals surface area contributed by atoms with E-state index in [1.54, 1.807) is 0 Å². The number of hydrogen-bond donors (Lipinski definition) is 1. The molecule has 0 aliphatic carbocycles. The van der Waals surface area contributed by atoms with Crippen molar-refractivity contribution in [2.45, 2.75) is 19.2 Å². The Kier molecular flexibility index (Phi) is 5.22. The van der Waals surface area contributed by atoms with Crippen molar-refractivity contribution in [1.82, 2.24) is 4.98 Å². The zero-order valence-corrected chi connectivity index (χ0v) is 14.3. The third-order valence-electron chi connectivity index (χ3n) is 3.84. The molecule has 26 heavy (non-hydrogen) atoms. The monoisotopic (exact) mass is 385 g/mol. The summed E-state index contributed by atoms with van der Waals surface area (Å²) in [6.45, 7) is 1.76. The summed E-state index contributed by atoms with van der Waals surface area (Å²) in [6, 6.07) is 6.38. The average molecular weight is 386 g/mol. The summed E-state index contributed by atoms with van der Waals surface area (Å²) in [7, 11) is 0. The number of aromatic nitrogens is 1. The minimum atomic E-state index is -4.76. The van der Waals surface area contributed by atoms with Crippen molar-refractivity contribution in [2.24, 2.45) is 0 Å². The Morgan fingerprint density at radius 3 is 2.42 bits per heavy atom.